The van der Waals surface area contributed by atoms with Gasteiger partial charge in [0.15, 0.2) is 6.10 Å². The molecule has 0 spiro atoms. The third kappa shape index (κ3) is 5.35. The van der Waals surface area contributed by atoms with E-state index in [0.717, 1.165) is 17.4 Å². The summed E-state index contributed by atoms with van der Waals surface area (Å²) in [5.74, 6) is 1.16. The summed E-state index contributed by atoms with van der Waals surface area (Å²) in [4.78, 5) is 13.1. The van der Waals surface area contributed by atoms with Gasteiger partial charge in [0.25, 0.3) is 5.91 Å². The van der Waals surface area contributed by atoms with Crippen molar-refractivity contribution in [3.05, 3.63) is 47.5 Å². The normalized spacial score (nSPS) is 16.9. The predicted molar refractivity (Wildman–Crippen MR) is 128 cm³/mol. The Kier molecular flexibility index (Phi) is 6.83. The summed E-state index contributed by atoms with van der Waals surface area (Å²) < 4.78 is 43.1. The number of fused-ring (bicyclic) bond motifs is 1. The van der Waals surface area contributed by atoms with Gasteiger partial charge in [-0.3, -0.25) is 9.10 Å². The summed E-state index contributed by atoms with van der Waals surface area (Å²) in [5, 5.41) is 2.91. The SMILES string of the molecule is COc1ccc(OC)c([C@H](C)NC(=O)[C@H]2CN(S(C)(=O)=O)c3cc(C(C)(C)C)ccc3O2)c1. The van der Waals surface area contributed by atoms with E-state index in [9.17, 15) is 13.2 Å². The second kappa shape index (κ2) is 9.13. The zero-order valence-corrected chi connectivity index (χ0v) is 20.9. The summed E-state index contributed by atoms with van der Waals surface area (Å²) >= 11 is 0. The molecule has 33 heavy (non-hydrogen) atoms. The van der Waals surface area contributed by atoms with Crippen LogP contribution in [0.15, 0.2) is 36.4 Å². The lowest BCUT2D eigenvalue weighted by molar-refractivity contribution is -0.128. The number of carbonyl (C=O) groups excluding carboxylic acids is 1. The molecule has 1 aliphatic rings. The van der Waals surface area contributed by atoms with Crippen LogP contribution >= 0.6 is 0 Å². The largest absolute Gasteiger partial charge is 0.497 e. The van der Waals surface area contributed by atoms with Gasteiger partial charge in [-0.15, -0.1) is 0 Å². The lowest BCUT2D eigenvalue weighted by Gasteiger charge is -2.35. The first-order chi connectivity index (χ1) is 15.3. The highest BCUT2D eigenvalue weighted by molar-refractivity contribution is 7.92. The quantitative estimate of drug-likeness (QED) is 0.687. The van der Waals surface area contributed by atoms with Crippen molar-refractivity contribution in [2.24, 2.45) is 0 Å². The molecule has 3 rings (SSSR count). The fourth-order valence-electron chi connectivity index (χ4n) is 3.73. The molecule has 1 amide bonds. The second-order valence-electron chi connectivity index (χ2n) is 9.17. The number of benzene rings is 2. The molecule has 1 aliphatic heterocycles. The molecule has 0 aliphatic carbocycles. The molecule has 0 unspecified atom stereocenters. The van der Waals surface area contributed by atoms with Crippen molar-refractivity contribution < 1.29 is 27.4 Å². The lowest BCUT2D eigenvalue weighted by atomic mass is 9.86. The van der Waals surface area contributed by atoms with Gasteiger partial charge in [0.2, 0.25) is 10.0 Å². The number of hydrogen-bond acceptors (Lipinski definition) is 6. The highest BCUT2D eigenvalue weighted by Crippen LogP contribution is 2.39. The molecule has 0 radical (unpaired) electrons. The molecule has 180 valence electrons. The molecule has 9 heteroatoms. The van der Waals surface area contributed by atoms with E-state index in [2.05, 4.69) is 5.32 Å². The van der Waals surface area contributed by atoms with Gasteiger partial charge < -0.3 is 19.5 Å². The van der Waals surface area contributed by atoms with Crippen LogP contribution in [0, 0.1) is 0 Å². The number of anilines is 1. The van der Waals surface area contributed by atoms with Gasteiger partial charge in [-0.2, -0.15) is 0 Å². The fourth-order valence-corrected chi connectivity index (χ4v) is 4.64. The maximum absolute atomic E-state index is 13.1. The molecule has 8 nitrogen and oxygen atoms in total. The standard InChI is InChI=1S/C24H32N2O6S/c1-15(18-13-17(30-5)9-11-20(18)31-6)25-23(27)22-14-26(33(7,28)29)19-12-16(24(2,3)4)8-10-21(19)32-22/h8-13,15,22H,14H2,1-7H3,(H,25,27)/t15-,22+/m0/s1. The minimum atomic E-state index is -3.63. The Labute approximate surface area is 195 Å². The van der Waals surface area contributed by atoms with E-state index in [4.69, 9.17) is 14.2 Å². The Morgan fingerprint density at radius 2 is 1.85 bits per heavy atom. The number of nitrogens with one attached hydrogen (secondary N) is 1. The maximum Gasteiger partial charge on any atom is 0.263 e. The minimum Gasteiger partial charge on any atom is -0.497 e. The molecule has 0 bridgehead atoms. The monoisotopic (exact) mass is 476 g/mol. The molecule has 1 N–H and O–H groups in total. The van der Waals surface area contributed by atoms with Crippen LogP contribution < -0.4 is 23.8 Å². The van der Waals surface area contributed by atoms with Crippen molar-refractivity contribution in [2.45, 2.75) is 45.3 Å². The van der Waals surface area contributed by atoms with Crippen molar-refractivity contribution in [3.63, 3.8) is 0 Å². The van der Waals surface area contributed by atoms with Crippen LogP contribution in [0.3, 0.4) is 0 Å². The minimum absolute atomic E-state index is 0.118. The summed E-state index contributed by atoms with van der Waals surface area (Å²) in [7, 11) is -0.517. The van der Waals surface area contributed by atoms with Gasteiger partial charge in [0.05, 0.1) is 38.7 Å². The third-order valence-corrected chi connectivity index (χ3v) is 6.80. The van der Waals surface area contributed by atoms with Gasteiger partial charge >= 0.3 is 0 Å². The van der Waals surface area contributed by atoms with Gasteiger partial charge in [0, 0.05) is 5.56 Å². The van der Waals surface area contributed by atoms with Crippen molar-refractivity contribution in [1.29, 1.82) is 0 Å². The zero-order chi connectivity index (χ0) is 24.6. The molecular weight excluding hydrogens is 444 g/mol. The van der Waals surface area contributed by atoms with Gasteiger partial charge in [0.1, 0.15) is 17.2 Å². The van der Waals surface area contributed by atoms with Crippen LogP contribution in [0.2, 0.25) is 0 Å². The highest BCUT2D eigenvalue weighted by atomic mass is 32.2. The number of carbonyl (C=O) groups is 1. The van der Waals surface area contributed by atoms with E-state index < -0.39 is 28.1 Å². The number of rotatable bonds is 6. The predicted octanol–water partition coefficient (Wildman–Crippen LogP) is 3.41. The van der Waals surface area contributed by atoms with E-state index in [1.165, 1.54) is 4.31 Å². The average molecular weight is 477 g/mol. The van der Waals surface area contributed by atoms with E-state index in [1.54, 1.807) is 38.5 Å². The molecule has 2 aromatic rings. The molecule has 1 heterocycles. The average Bonchev–Trinajstić information content (AvgIpc) is 2.75. The summed E-state index contributed by atoms with van der Waals surface area (Å²) in [6.45, 7) is 7.85. The summed E-state index contributed by atoms with van der Waals surface area (Å²) in [6, 6.07) is 10.3. The molecule has 0 saturated heterocycles. The Balaban J connectivity index is 1.88. The van der Waals surface area contributed by atoms with Crippen molar-refractivity contribution in [3.8, 4) is 17.2 Å². The Hall–Kier alpha value is -2.94. The first kappa shape index (κ1) is 24.7. The molecule has 0 aromatic heterocycles. The smallest absolute Gasteiger partial charge is 0.263 e. The molecule has 2 aromatic carbocycles. The first-order valence-corrected chi connectivity index (χ1v) is 12.5. The van der Waals surface area contributed by atoms with Crippen LogP contribution in [0.1, 0.15) is 44.9 Å². The van der Waals surface area contributed by atoms with Crippen LogP contribution in [-0.4, -0.2) is 47.4 Å². The highest BCUT2D eigenvalue weighted by Gasteiger charge is 2.36. The van der Waals surface area contributed by atoms with Crippen molar-refractivity contribution in [1.82, 2.24) is 5.32 Å². The molecular formula is C24H32N2O6S. The van der Waals surface area contributed by atoms with E-state index in [-0.39, 0.29) is 12.0 Å². The Bertz CT molecular complexity index is 1140. The second-order valence-corrected chi connectivity index (χ2v) is 11.1. The van der Waals surface area contributed by atoms with Crippen LogP contribution in [0.5, 0.6) is 17.2 Å². The van der Waals surface area contributed by atoms with Crippen LogP contribution in [0.4, 0.5) is 5.69 Å². The van der Waals surface area contributed by atoms with Crippen LogP contribution in [0.25, 0.3) is 0 Å². The first-order valence-electron chi connectivity index (χ1n) is 10.7. The van der Waals surface area contributed by atoms with Gasteiger partial charge in [-0.05, 0) is 48.2 Å². The summed E-state index contributed by atoms with van der Waals surface area (Å²) in [6.07, 6.45) is 0.122. The topological polar surface area (TPSA) is 94.2 Å². The van der Waals surface area contributed by atoms with Crippen molar-refractivity contribution in [2.75, 3.05) is 31.3 Å². The number of hydrogen-bond donors (Lipinski definition) is 1. The number of ether oxygens (including phenoxy) is 3. The van der Waals surface area contributed by atoms with E-state index >= 15 is 0 Å². The number of methoxy groups -OCH3 is 2. The number of amides is 1. The Morgan fingerprint density at radius 3 is 2.42 bits per heavy atom. The van der Waals surface area contributed by atoms with Crippen LogP contribution in [-0.2, 0) is 20.2 Å². The van der Waals surface area contributed by atoms with Gasteiger partial charge in [-0.25, -0.2) is 8.42 Å². The maximum atomic E-state index is 13.1. The fraction of sp³-hybridized carbons (Fsp3) is 0.458. The van der Waals surface area contributed by atoms with Gasteiger partial charge in [-0.1, -0.05) is 26.8 Å². The molecule has 2 atom stereocenters. The number of nitrogens with zero attached hydrogens (tertiary/aromatic N) is 1. The van der Waals surface area contributed by atoms with Crippen molar-refractivity contribution >= 4 is 21.6 Å². The third-order valence-electron chi connectivity index (χ3n) is 5.65. The van der Waals surface area contributed by atoms with E-state index in [1.807, 2.05) is 39.8 Å². The summed E-state index contributed by atoms with van der Waals surface area (Å²) in [5.41, 5.74) is 1.98. The zero-order valence-electron chi connectivity index (χ0n) is 20.1. The Morgan fingerprint density at radius 1 is 1.15 bits per heavy atom. The molecule has 0 saturated carbocycles. The number of sulfonamides is 1. The molecule has 0 fully saturated rings. The van der Waals surface area contributed by atoms with E-state index in [0.29, 0.717) is 22.9 Å². The lowest BCUT2D eigenvalue weighted by Crippen LogP contribution is -2.51.